The molecule has 1 aromatic carbocycles. The van der Waals surface area contributed by atoms with E-state index in [1.807, 2.05) is 31.2 Å². The first-order valence-electron chi connectivity index (χ1n) is 6.23. The topological polar surface area (TPSA) is 55.1 Å². The Morgan fingerprint density at radius 3 is 2.47 bits per heavy atom. The van der Waals surface area contributed by atoms with Crippen molar-refractivity contribution in [3.8, 4) is 0 Å². The molecule has 1 amide bonds. The van der Waals surface area contributed by atoms with Gasteiger partial charge in [-0.25, -0.2) is 0 Å². The minimum Gasteiger partial charge on any atom is -0.326 e. The van der Waals surface area contributed by atoms with Crippen LogP contribution in [0.5, 0.6) is 0 Å². The van der Waals surface area contributed by atoms with Crippen molar-refractivity contribution in [2.45, 2.75) is 44.6 Å². The molecule has 2 rings (SSSR count). The van der Waals surface area contributed by atoms with Gasteiger partial charge in [-0.15, -0.1) is 0 Å². The summed E-state index contributed by atoms with van der Waals surface area (Å²) in [6.45, 7) is 2.03. The predicted molar refractivity (Wildman–Crippen MR) is 69.8 cm³/mol. The molecule has 1 fully saturated rings. The van der Waals surface area contributed by atoms with Crippen molar-refractivity contribution in [3.63, 3.8) is 0 Å². The molecule has 0 bridgehead atoms. The summed E-state index contributed by atoms with van der Waals surface area (Å²) in [6, 6.07) is 7.82. The molecule has 0 heterocycles. The molecule has 0 unspecified atom stereocenters. The lowest BCUT2D eigenvalue weighted by molar-refractivity contribution is -0.117. The van der Waals surface area contributed by atoms with Crippen LogP contribution in [-0.4, -0.2) is 11.4 Å². The van der Waals surface area contributed by atoms with Crippen molar-refractivity contribution < 1.29 is 4.79 Å². The molecule has 0 saturated heterocycles. The molecule has 0 radical (unpaired) electrons. The second-order valence-electron chi connectivity index (χ2n) is 5.16. The number of aryl methyl sites for hydroxylation is 1. The van der Waals surface area contributed by atoms with Crippen molar-refractivity contribution in [3.05, 3.63) is 29.8 Å². The number of hydrogen-bond donors (Lipinski definition) is 2. The van der Waals surface area contributed by atoms with Crippen LogP contribution in [0.1, 0.15) is 37.7 Å². The number of rotatable bonds is 3. The molecule has 0 aromatic heterocycles. The third-order valence-corrected chi connectivity index (χ3v) is 3.45. The zero-order valence-electron chi connectivity index (χ0n) is 10.3. The normalized spacial score (nSPS) is 18.0. The Morgan fingerprint density at radius 2 is 1.88 bits per heavy atom. The average molecular weight is 232 g/mol. The van der Waals surface area contributed by atoms with Gasteiger partial charge >= 0.3 is 0 Å². The lowest BCUT2D eigenvalue weighted by atomic mass is 9.94. The molecular formula is C14H20N2O. The maximum Gasteiger partial charge on any atom is 0.226 e. The molecular weight excluding hydrogens is 212 g/mol. The molecule has 92 valence electrons. The minimum absolute atomic E-state index is 0.0262. The van der Waals surface area contributed by atoms with Crippen molar-refractivity contribution >= 4 is 11.6 Å². The maximum absolute atomic E-state index is 11.9. The van der Waals surface area contributed by atoms with E-state index in [0.29, 0.717) is 6.42 Å². The second kappa shape index (κ2) is 4.88. The van der Waals surface area contributed by atoms with Crippen molar-refractivity contribution in [2.75, 3.05) is 5.32 Å². The van der Waals surface area contributed by atoms with Gasteiger partial charge in [-0.2, -0.15) is 0 Å². The van der Waals surface area contributed by atoms with Gasteiger partial charge in [-0.05, 0) is 31.9 Å². The molecule has 0 atom stereocenters. The van der Waals surface area contributed by atoms with Crippen LogP contribution < -0.4 is 11.1 Å². The molecule has 17 heavy (non-hydrogen) atoms. The summed E-state index contributed by atoms with van der Waals surface area (Å²) in [5, 5.41) is 2.90. The van der Waals surface area contributed by atoms with Gasteiger partial charge < -0.3 is 11.1 Å². The molecule has 3 N–H and O–H groups in total. The third-order valence-electron chi connectivity index (χ3n) is 3.45. The highest BCUT2D eigenvalue weighted by Crippen LogP contribution is 2.30. The number of amides is 1. The van der Waals surface area contributed by atoms with Gasteiger partial charge in [-0.3, -0.25) is 4.79 Å². The van der Waals surface area contributed by atoms with Gasteiger partial charge in [0.2, 0.25) is 5.91 Å². The number of anilines is 1. The summed E-state index contributed by atoms with van der Waals surface area (Å²) < 4.78 is 0. The molecule has 0 spiro atoms. The number of nitrogens with two attached hydrogens (primary N) is 1. The van der Waals surface area contributed by atoms with E-state index in [2.05, 4.69) is 5.32 Å². The first-order chi connectivity index (χ1) is 8.07. The van der Waals surface area contributed by atoms with E-state index in [0.717, 1.165) is 31.4 Å². The van der Waals surface area contributed by atoms with Gasteiger partial charge in [0.25, 0.3) is 0 Å². The number of hydrogen-bond acceptors (Lipinski definition) is 2. The van der Waals surface area contributed by atoms with Gasteiger partial charge in [0, 0.05) is 17.6 Å². The van der Waals surface area contributed by atoms with Crippen LogP contribution in [0.25, 0.3) is 0 Å². The molecule has 1 saturated carbocycles. The van der Waals surface area contributed by atoms with Crippen LogP contribution >= 0.6 is 0 Å². The van der Waals surface area contributed by atoms with Crippen LogP contribution in [-0.2, 0) is 4.79 Å². The zero-order valence-corrected chi connectivity index (χ0v) is 10.3. The van der Waals surface area contributed by atoms with E-state index in [1.165, 1.54) is 5.56 Å². The highest BCUT2D eigenvalue weighted by atomic mass is 16.1. The molecule has 1 aliphatic rings. The van der Waals surface area contributed by atoms with E-state index in [9.17, 15) is 4.79 Å². The van der Waals surface area contributed by atoms with Crippen LogP contribution in [0.15, 0.2) is 24.3 Å². The summed E-state index contributed by atoms with van der Waals surface area (Å²) in [6.07, 6.45) is 4.66. The van der Waals surface area contributed by atoms with Crippen LogP contribution in [0.2, 0.25) is 0 Å². The van der Waals surface area contributed by atoms with E-state index >= 15 is 0 Å². The van der Waals surface area contributed by atoms with E-state index in [4.69, 9.17) is 5.73 Å². The Balaban J connectivity index is 1.91. The summed E-state index contributed by atoms with van der Waals surface area (Å²) in [4.78, 5) is 11.9. The monoisotopic (exact) mass is 232 g/mol. The molecule has 1 aliphatic carbocycles. The minimum atomic E-state index is -0.269. The van der Waals surface area contributed by atoms with Gasteiger partial charge in [0.05, 0.1) is 0 Å². The highest BCUT2D eigenvalue weighted by Gasteiger charge is 2.31. The van der Waals surface area contributed by atoms with Crippen molar-refractivity contribution in [2.24, 2.45) is 5.73 Å². The number of benzene rings is 1. The number of carbonyl (C=O) groups is 1. The maximum atomic E-state index is 11.9. The predicted octanol–water partition coefficient (Wildman–Crippen LogP) is 2.60. The molecule has 3 nitrogen and oxygen atoms in total. The van der Waals surface area contributed by atoms with E-state index < -0.39 is 0 Å². The second-order valence-corrected chi connectivity index (χ2v) is 5.16. The molecule has 0 aliphatic heterocycles. The Morgan fingerprint density at radius 1 is 1.29 bits per heavy atom. The summed E-state index contributed by atoms with van der Waals surface area (Å²) in [7, 11) is 0. The Bertz CT molecular complexity index is 391. The summed E-state index contributed by atoms with van der Waals surface area (Å²) in [5.74, 6) is 0.0262. The Labute approximate surface area is 102 Å². The third kappa shape index (κ3) is 3.30. The average Bonchev–Trinajstić information content (AvgIpc) is 2.68. The summed E-state index contributed by atoms with van der Waals surface area (Å²) >= 11 is 0. The van der Waals surface area contributed by atoms with Crippen LogP contribution in [0, 0.1) is 6.92 Å². The van der Waals surface area contributed by atoms with E-state index in [1.54, 1.807) is 0 Å². The number of nitrogens with one attached hydrogen (secondary N) is 1. The summed E-state index contributed by atoms with van der Waals surface area (Å²) in [5.41, 5.74) is 7.95. The molecule has 1 aromatic rings. The first-order valence-corrected chi connectivity index (χ1v) is 6.23. The Kier molecular flexibility index (Phi) is 3.48. The standard InChI is InChI=1S/C14H20N2O/c1-11-4-6-12(7-5-11)16-13(17)10-14(15)8-2-3-9-14/h4-7H,2-3,8-10,15H2,1H3,(H,16,17). The lowest BCUT2D eigenvalue weighted by Gasteiger charge is -2.22. The molecule has 3 heteroatoms. The number of carbonyl (C=O) groups excluding carboxylic acids is 1. The van der Waals surface area contributed by atoms with Crippen LogP contribution in [0.3, 0.4) is 0 Å². The van der Waals surface area contributed by atoms with E-state index in [-0.39, 0.29) is 11.4 Å². The van der Waals surface area contributed by atoms with Gasteiger partial charge in [0.15, 0.2) is 0 Å². The lowest BCUT2D eigenvalue weighted by Crippen LogP contribution is -2.40. The first kappa shape index (κ1) is 12.1. The van der Waals surface area contributed by atoms with Gasteiger partial charge in [0.1, 0.15) is 0 Å². The Hall–Kier alpha value is -1.35. The fourth-order valence-electron chi connectivity index (χ4n) is 2.42. The largest absolute Gasteiger partial charge is 0.326 e. The highest BCUT2D eigenvalue weighted by molar-refractivity contribution is 5.91. The smallest absolute Gasteiger partial charge is 0.226 e. The van der Waals surface area contributed by atoms with Crippen LogP contribution in [0.4, 0.5) is 5.69 Å². The SMILES string of the molecule is Cc1ccc(NC(=O)CC2(N)CCCC2)cc1. The van der Waals surface area contributed by atoms with Gasteiger partial charge in [-0.1, -0.05) is 30.5 Å². The quantitative estimate of drug-likeness (QED) is 0.841. The fourth-order valence-corrected chi connectivity index (χ4v) is 2.42. The zero-order chi connectivity index (χ0) is 12.3. The fraction of sp³-hybridized carbons (Fsp3) is 0.500. The van der Waals surface area contributed by atoms with Crippen molar-refractivity contribution in [1.29, 1.82) is 0 Å². The van der Waals surface area contributed by atoms with Crippen molar-refractivity contribution in [1.82, 2.24) is 0 Å².